The number of aryl methyl sites for hydroxylation is 1. The van der Waals surface area contributed by atoms with Gasteiger partial charge in [0.1, 0.15) is 6.04 Å². The highest BCUT2D eigenvalue weighted by Crippen LogP contribution is 2.31. The summed E-state index contributed by atoms with van der Waals surface area (Å²) in [5.41, 5.74) is 6.11. The van der Waals surface area contributed by atoms with Crippen LogP contribution in [0.15, 0.2) is 30.5 Å². The van der Waals surface area contributed by atoms with Crippen LogP contribution in [0, 0.1) is 0 Å². The molecular weight excluding hydrogens is 217 g/mol. The molecule has 1 heterocycles. The van der Waals surface area contributed by atoms with Gasteiger partial charge in [-0.3, -0.25) is 0 Å². The number of nitrogens with two attached hydrogens (primary N) is 1. The lowest BCUT2D eigenvalue weighted by Crippen LogP contribution is -2.28. The molecule has 0 spiro atoms. The first kappa shape index (κ1) is 11.0. The molecule has 2 nitrogen and oxygen atoms in total. The molecule has 0 fully saturated rings. The van der Waals surface area contributed by atoms with E-state index in [1.807, 2.05) is 11.6 Å². The number of benzene rings is 1. The van der Waals surface area contributed by atoms with Crippen LogP contribution < -0.4 is 5.73 Å². The van der Waals surface area contributed by atoms with Crippen LogP contribution in [0.4, 0.5) is 13.2 Å². The Hall–Kier alpha value is -1.49. The lowest BCUT2D eigenvalue weighted by molar-refractivity contribution is -0.149. The van der Waals surface area contributed by atoms with E-state index in [1.54, 1.807) is 18.3 Å². The topological polar surface area (TPSA) is 30.9 Å². The van der Waals surface area contributed by atoms with Crippen molar-refractivity contribution >= 4 is 10.9 Å². The number of hydrogen-bond acceptors (Lipinski definition) is 1. The Kier molecular flexibility index (Phi) is 2.42. The number of rotatable bonds is 1. The fraction of sp³-hybridized carbons (Fsp3) is 0.273. The first-order chi connectivity index (χ1) is 7.39. The molecule has 86 valence electrons. The monoisotopic (exact) mass is 228 g/mol. The molecule has 2 rings (SSSR count). The molecule has 16 heavy (non-hydrogen) atoms. The molecule has 0 saturated carbocycles. The Bertz CT molecular complexity index is 513. The zero-order valence-corrected chi connectivity index (χ0v) is 8.62. The van der Waals surface area contributed by atoms with E-state index in [0.717, 1.165) is 10.9 Å². The largest absolute Gasteiger partial charge is 0.407 e. The molecule has 5 heteroatoms. The summed E-state index contributed by atoms with van der Waals surface area (Å²) in [6, 6.07) is 4.39. The van der Waals surface area contributed by atoms with Crippen LogP contribution in [-0.4, -0.2) is 10.7 Å². The third-order valence-corrected chi connectivity index (χ3v) is 2.62. The highest BCUT2D eigenvalue weighted by atomic mass is 19.4. The van der Waals surface area contributed by atoms with Crippen molar-refractivity contribution in [2.45, 2.75) is 12.2 Å². The minimum atomic E-state index is -4.40. The minimum absolute atomic E-state index is 0.0891. The summed E-state index contributed by atoms with van der Waals surface area (Å²) in [5, 5.41) is 0.764. The van der Waals surface area contributed by atoms with Gasteiger partial charge in [0.15, 0.2) is 0 Å². The molecule has 0 bridgehead atoms. The molecule has 0 aliphatic carbocycles. The second-order valence-corrected chi connectivity index (χ2v) is 3.76. The lowest BCUT2D eigenvalue weighted by Gasteiger charge is -2.15. The normalized spacial score (nSPS) is 14.3. The molecule has 0 amide bonds. The molecule has 0 aliphatic heterocycles. The number of aromatic nitrogens is 1. The fourth-order valence-electron chi connectivity index (χ4n) is 1.68. The molecule has 1 aromatic carbocycles. The van der Waals surface area contributed by atoms with Gasteiger partial charge in [0.25, 0.3) is 0 Å². The van der Waals surface area contributed by atoms with Gasteiger partial charge in [-0.25, -0.2) is 0 Å². The zero-order valence-electron chi connectivity index (χ0n) is 8.62. The molecule has 0 saturated heterocycles. The Labute approximate surface area is 90.5 Å². The van der Waals surface area contributed by atoms with Crippen molar-refractivity contribution < 1.29 is 13.2 Å². The average Bonchev–Trinajstić information content (AvgIpc) is 2.57. The quantitative estimate of drug-likeness (QED) is 0.799. The van der Waals surface area contributed by atoms with Crippen molar-refractivity contribution in [2.75, 3.05) is 0 Å². The fourth-order valence-corrected chi connectivity index (χ4v) is 1.68. The maximum Gasteiger partial charge on any atom is 0.407 e. The number of nitrogens with zero attached hydrogens (tertiary/aromatic N) is 1. The summed E-state index contributed by atoms with van der Waals surface area (Å²) in [6.07, 6.45) is -2.60. The number of hydrogen-bond donors (Lipinski definition) is 1. The van der Waals surface area contributed by atoms with E-state index in [9.17, 15) is 13.2 Å². The van der Waals surface area contributed by atoms with Gasteiger partial charge in [-0.05, 0) is 29.1 Å². The SMILES string of the molecule is Cn1ccc2cc(C(N)C(F)(F)F)ccc21. The van der Waals surface area contributed by atoms with Crippen molar-refractivity contribution in [3.05, 3.63) is 36.0 Å². The van der Waals surface area contributed by atoms with Gasteiger partial charge in [-0.1, -0.05) is 6.07 Å². The number of halogens is 3. The first-order valence-corrected chi connectivity index (χ1v) is 4.77. The van der Waals surface area contributed by atoms with Gasteiger partial charge in [-0.2, -0.15) is 13.2 Å². The molecular formula is C11H11F3N2. The first-order valence-electron chi connectivity index (χ1n) is 4.77. The Morgan fingerprint density at radius 1 is 1.25 bits per heavy atom. The van der Waals surface area contributed by atoms with Gasteiger partial charge in [-0.15, -0.1) is 0 Å². The molecule has 2 N–H and O–H groups in total. The lowest BCUT2D eigenvalue weighted by atomic mass is 10.1. The van der Waals surface area contributed by atoms with Crippen LogP contribution in [0.5, 0.6) is 0 Å². The van der Waals surface area contributed by atoms with Crippen LogP contribution in [-0.2, 0) is 7.05 Å². The van der Waals surface area contributed by atoms with Crippen LogP contribution >= 0.6 is 0 Å². The predicted molar refractivity (Wildman–Crippen MR) is 55.9 cm³/mol. The van der Waals surface area contributed by atoms with E-state index in [-0.39, 0.29) is 5.56 Å². The van der Waals surface area contributed by atoms with Crippen molar-refractivity contribution in [1.82, 2.24) is 4.57 Å². The van der Waals surface area contributed by atoms with E-state index in [2.05, 4.69) is 0 Å². The highest BCUT2D eigenvalue weighted by molar-refractivity contribution is 5.80. The van der Waals surface area contributed by atoms with E-state index < -0.39 is 12.2 Å². The van der Waals surface area contributed by atoms with Gasteiger partial charge < -0.3 is 10.3 Å². The highest BCUT2D eigenvalue weighted by Gasteiger charge is 2.37. The number of fused-ring (bicyclic) bond motifs is 1. The smallest absolute Gasteiger partial charge is 0.351 e. The maximum absolute atomic E-state index is 12.4. The molecule has 2 aromatic rings. The van der Waals surface area contributed by atoms with Crippen LogP contribution in [0.25, 0.3) is 10.9 Å². The summed E-state index contributed by atoms with van der Waals surface area (Å²) in [7, 11) is 1.84. The molecule has 1 unspecified atom stereocenters. The van der Waals surface area contributed by atoms with E-state index >= 15 is 0 Å². The van der Waals surface area contributed by atoms with Crippen molar-refractivity contribution in [1.29, 1.82) is 0 Å². The van der Waals surface area contributed by atoms with Crippen LogP contribution in [0.1, 0.15) is 11.6 Å². The second-order valence-electron chi connectivity index (χ2n) is 3.76. The average molecular weight is 228 g/mol. The number of alkyl halides is 3. The van der Waals surface area contributed by atoms with Gasteiger partial charge >= 0.3 is 6.18 Å². The maximum atomic E-state index is 12.4. The predicted octanol–water partition coefficient (Wildman–Crippen LogP) is 2.74. The summed E-state index contributed by atoms with van der Waals surface area (Å²) >= 11 is 0. The van der Waals surface area contributed by atoms with Crippen molar-refractivity contribution in [2.24, 2.45) is 12.8 Å². The van der Waals surface area contributed by atoms with E-state index in [1.165, 1.54) is 12.1 Å². The zero-order chi connectivity index (χ0) is 11.9. The Balaban J connectivity index is 2.47. The Morgan fingerprint density at radius 3 is 2.56 bits per heavy atom. The van der Waals surface area contributed by atoms with Crippen LogP contribution in [0.3, 0.4) is 0 Å². The second kappa shape index (κ2) is 3.52. The standard InChI is InChI=1S/C11H11F3N2/c1-16-5-4-7-6-8(2-3-9(7)16)10(15)11(12,13)14/h2-6,10H,15H2,1H3. The third-order valence-electron chi connectivity index (χ3n) is 2.62. The molecule has 0 radical (unpaired) electrons. The van der Waals surface area contributed by atoms with Crippen molar-refractivity contribution in [3.8, 4) is 0 Å². The molecule has 1 aromatic heterocycles. The van der Waals surface area contributed by atoms with E-state index in [0.29, 0.717) is 0 Å². The summed E-state index contributed by atoms with van der Waals surface area (Å²) in [5.74, 6) is 0. The van der Waals surface area contributed by atoms with Crippen molar-refractivity contribution in [3.63, 3.8) is 0 Å². The van der Waals surface area contributed by atoms with Crippen LogP contribution in [0.2, 0.25) is 0 Å². The molecule has 1 atom stereocenters. The summed E-state index contributed by atoms with van der Waals surface area (Å²) in [6.45, 7) is 0. The van der Waals surface area contributed by atoms with E-state index in [4.69, 9.17) is 5.73 Å². The Morgan fingerprint density at radius 2 is 1.94 bits per heavy atom. The molecule has 0 aliphatic rings. The minimum Gasteiger partial charge on any atom is -0.351 e. The summed E-state index contributed by atoms with van der Waals surface area (Å²) in [4.78, 5) is 0. The third kappa shape index (κ3) is 1.78. The van der Waals surface area contributed by atoms with Gasteiger partial charge in [0.05, 0.1) is 0 Å². The van der Waals surface area contributed by atoms with Gasteiger partial charge in [0, 0.05) is 18.8 Å². The van der Waals surface area contributed by atoms with Gasteiger partial charge in [0.2, 0.25) is 0 Å². The summed E-state index contributed by atoms with van der Waals surface area (Å²) < 4.78 is 39.1.